The molecule has 0 saturated heterocycles. The van der Waals surface area contributed by atoms with Crippen LogP contribution in [-0.4, -0.2) is 23.6 Å². The molecule has 2 aromatic rings. The molecule has 0 aliphatic carbocycles. The molecule has 0 unspecified atom stereocenters. The highest BCUT2D eigenvalue weighted by atomic mass is 16.5. The summed E-state index contributed by atoms with van der Waals surface area (Å²) in [5.41, 5.74) is 5.92. The molecule has 2 aliphatic heterocycles. The summed E-state index contributed by atoms with van der Waals surface area (Å²) in [6, 6.07) is 14.4. The lowest BCUT2D eigenvalue weighted by molar-refractivity contribution is 0.0350. The molecule has 0 aromatic heterocycles. The van der Waals surface area contributed by atoms with Crippen LogP contribution in [0.3, 0.4) is 0 Å². The Labute approximate surface area is 160 Å². The standard InChI is InChI=1S/C24H25NO2/c1-4-24(5-2)14-22(26)20-12-18(10-11-23(20)27-24)19-13-21(25-15-19)17-8-6-16(3)7-9-17/h6-13H,4-5,14-15H2,1-3H3. The zero-order valence-corrected chi connectivity index (χ0v) is 16.2. The molecule has 3 heteroatoms. The molecule has 0 saturated carbocycles. The number of carbonyl (C=O) groups excluding carboxylic acids is 1. The van der Waals surface area contributed by atoms with Crippen LogP contribution in [0.2, 0.25) is 0 Å². The average molecular weight is 359 g/mol. The number of hydrogen-bond donors (Lipinski definition) is 0. The Morgan fingerprint density at radius 2 is 1.74 bits per heavy atom. The highest BCUT2D eigenvalue weighted by Gasteiger charge is 2.37. The Kier molecular flexibility index (Phi) is 4.47. The van der Waals surface area contributed by atoms with Crippen LogP contribution >= 0.6 is 0 Å². The van der Waals surface area contributed by atoms with E-state index >= 15 is 0 Å². The van der Waals surface area contributed by atoms with Gasteiger partial charge in [-0.1, -0.05) is 49.7 Å². The SMILES string of the molecule is CCC1(CC)CC(=O)c2cc(C3=CC(c4ccc(C)cc4)=NC3)ccc2O1. The summed E-state index contributed by atoms with van der Waals surface area (Å²) in [7, 11) is 0. The van der Waals surface area contributed by atoms with Gasteiger partial charge in [0.15, 0.2) is 5.78 Å². The summed E-state index contributed by atoms with van der Waals surface area (Å²) in [6.07, 6.45) is 4.27. The van der Waals surface area contributed by atoms with E-state index in [-0.39, 0.29) is 11.4 Å². The van der Waals surface area contributed by atoms with Crippen molar-refractivity contribution in [2.24, 2.45) is 4.99 Å². The summed E-state index contributed by atoms with van der Waals surface area (Å²) < 4.78 is 6.24. The summed E-state index contributed by atoms with van der Waals surface area (Å²) in [5.74, 6) is 0.900. The summed E-state index contributed by atoms with van der Waals surface area (Å²) in [5, 5.41) is 0. The lowest BCUT2D eigenvalue weighted by Gasteiger charge is -2.36. The number of ketones is 1. The molecule has 0 amide bonds. The molecule has 27 heavy (non-hydrogen) atoms. The molecule has 138 valence electrons. The lowest BCUT2D eigenvalue weighted by atomic mass is 9.85. The molecular formula is C24H25NO2. The molecule has 0 bridgehead atoms. The van der Waals surface area contributed by atoms with Gasteiger partial charge in [0.2, 0.25) is 0 Å². The van der Waals surface area contributed by atoms with E-state index in [0.29, 0.717) is 18.5 Å². The Morgan fingerprint density at radius 1 is 1.04 bits per heavy atom. The summed E-state index contributed by atoms with van der Waals surface area (Å²) in [4.78, 5) is 17.5. The van der Waals surface area contributed by atoms with Gasteiger partial charge in [0.05, 0.1) is 24.2 Å². The van der Waals surface area contributed by atoms with Crippen LogP contribution in [0.1, 0.15) is 60.2 Å². The van der Waals surface area contributed by atoms with Crippen LogP contribution < -0.4 is 4.74 Å². The summed E-state index contributed by atoms with van der Waals surface area (Å²) in [6.45, 7) is 6.90. The van der Waals surface area contributed by atoms with Crippen molar-refractivity contribution in [3.63, 3.8) is 0 Å². The number of hydrogen-bond acceptors (Lipinski definition) is 3. The van der Waals surface area contributed by atoms with Crippen molar-refractivity contribution in [3.8, 4) is 5.75 Å². The number of carbonyl (C=O) groups is 1. The van der Waals surface area contributed by atoms with E-state index in [0.717, 1.165) is 41.0 Å². The van der Waals surface area contributed by atoms with Crippen LogP contribution in [0.15, 0.2) is 53.5 Å². The Balaban J connectivity index is 1.62. The van der Waals surface area contributed by atoms with Gasteiger partial charge in [0.25, 0.3) is 0 Å². The van der Waals surface area contributed by atoms with Crippen LogP contribution in [0.5, 0.6) is 5.75 Å². The first-order valence-electron chi connectivity index (χ1n) is 9.72. The predicted molar refractivity (Wildman–Crippen MR) is 110 cm³/mol. The minimum absolute atomic E-state index is 0.181. The average Bonchev–Trinajstić information content (AvgIpc) is 3.18. The fourth-order valence-corrected chi connectivity index (χ4v) is 3.84. The quantitative estimate of drug-likeness (QED) is 0.732. The fraction of sp³-hybridized carbons (Fsp3) is 0.333. The molecule has 4 rings (SSSR count). The van der Waals surface area contributed by atoms with Crippen LogP contribution in [0.4, 0.5) is 0 Å². The van der Waals surface area contributed by atoms with Gasteiger partial charge in [-0.3, -0.25) is 9.79 Å². The van der Waals surface area contributed by atoms with E-state index in [1.165, 1.54) is 5.56 Å². The molecule has 0 N–H and O–H groups in total. The van der Waals surface area contributed by atoms with E-state index in [1.54, 1.807) is 0 Å². The molecule has 0 radical (unpaired) electrons. The number of nitrogens with zero attached hydrogens (tertiary/aromatic N) is 1. The van der Waals surface area contributed by atoms with E-state index in [2.05, 4.69) is 56.1 Å². The van der Waals surface area contributed by atoms with Crippen molar-refractivity contribution in [2.75, 3.05) is 6.54 Å². The maximum atomic E-state index is 12.8. The highest BCUT2D eigenvalue weighted by Crippen LogP contribution is 2.38. The third-order valence-electron chi connectivity index (χ3n) is 5.83. The normalized spacial score (nSPS) is 17.8. The van der Waals surface area contributed by atoms with Gasteiger partial charge in [0, 0.05) is 0 Å². The highest BCUT2D eigenvalue weighted by molar-refractivity contribution is 6.15. The Hall–Kier alpha value is -2.68. The van der Waals surface area contributed by atoms with Crippen molar-refractivity contribution >= 4 is 17.1 Å². The molecule has 3 nitrogen and oxygen atoms in total. The second-order valence-corrected chi connectivity index (χ2v) is 7.54. The lowest BCUT2D eigenvalue weighted by Crippen LogP contribution is -2.40. The number of allylic oxidation sites excluding steroid dienone is 1. The number of aryl methyl sites for hydroxylation is 1. The molecule has 2 aromatic carbocycles. The number of ether oxygens (including phenoxy) is 1. The van der Waals surface area contributed by atoms with Crippen molar-refractivity contribution in [1.82, 2.24) is 0 Å². The van der Waals surface area contributed by atoms with Crippen molar-refractivity contribution < 1.29 is 9.53 Å². The second kappa shape index (κ2) is 6.80. The largest absolute Gasteiger partial charge is 0.486 e. The van der Waals surface area contributed by atoms with Gasteiger partial charge in [-0.2, -0.15) is 0 Å². The number of rotatable bonds is 4. The summed E-state index contributed by atoms with van der Waals surface area (Å²) >= 11 is 0. The van der Waals surface area contributed by atoms with Gasteiger partial charge in [0.1, 0.15) is 11.4 Å². The Morgan fingerprint density at radius 3 is 2.44 bits per heavy atom. The first-order chi connectivity index (χ1) is 13.0. The van der Waals surface area contributed by atoms with Gasteiger partial charge in [-0.15, -0.1) is 0 Å². The predicted octanol–water partition coefficient (Wildman–Crippen LogP) is 5.41. The van der Waals surface area contributed by atoms with Gasteiger partial charge < -0.3 is 4.74 Å². The second-order valence-electron chi connectivity index (χ2n) is 7.54. The van der Waals surface area contributed by atoms with E-state index in [4.69, 9.17) is 4.74 Å². The van der Waals surface area contributed by atoms with Crippen LogP contribution in [-0.2, 0) is 0 Å². The van der Waals surface area contributed by atoms with Crippen LogP contribution in [0, 0.1) is 6.92 Å². The van der Waals surface area contributed by atoms with E-state index < -0.39 is 0 Å². The molecular weight excluding hydrogens is 334 g/mol. The van der Waals surface area contributed by atoms with Crippen molar-refractivity contribution in [3.05, 3.63) is 70.8 Å². The zero-order chi connectivity index (χ0) is 19.0. The van der Waals surface area contributed by atoms with Gasteiger partial charge in [-0.05, 0) is 54.7 Å². The van der Waals surface area contributed by atoms with Gasteiger partial charge in [-0.25, -0.2) is 0 Å². The molecule has 2 aliphatic rings. The third kappa shape index (κ3) is 3.23. The fourth-order valence-electron chi connectivity index (χ4n) is 3.84. The van der Waals surface area contributed by atoms with Gasteiger partial charge >= 0.3 is 0 Å². The first-order valence-corrected chi connectivity index (χ1v) is 9.72. The number of Topliss-reactive ketones (excluding diaryl/α,β-unsaturated/α-hetero) is 1. The Bertz CT molecular complexity index is 947. The van der Waals surface area contributed by atoms with Crippen molar-refractivity contribution in [1.29, 1.82) is 0 Å². The van der Waals surface area contributed by atoms with Crippen molar-refractivity contribution in [2.45, 2.75) is 45.6 Å². The maximum absolute atomic E-state index is 12.8. The molecule has 2 heterocycles. The monoisotopic (exact) mass is 359 g/mol. The first kappa shape index (κ1) is 17.7. The van der Waals surface area contributed by atoms with Crippen LogP contribution in [0.25, 0.3) is 5.57 Å². The third-order valence-corrected chi connectivity index (χ3v) is 5.83. The molecule has 0 fully saturated rings. The maximum Gasteiger partial charge on any atom is 0.170 e. The minimum Gasteiger partial charge on any atom is -0.486 e. The zero-order valence-electron chi connectivity index (χ0n) is 16.2. The molecule has 0 atom stereocenters. The minimum atomic E-state index is -0.347. The van der Waals surface area contributed by atoms with E-state index in [9.17, 15) is 4.79 Å². The molecule has 0 spiro atoms. The number of fused-ring (bicyclic) bond motifs is 1. The topological polar surface area (TPSA) is 38.7 Å². The number of benzene rings is 2. The number of aliphatic imine (C=N–C) groups is 1. The smallest absolute Gasteiger partial charge is 0.170 e. The van der Waals surface area contributed by atoms with E-state index in [1.807, 2.05) is 18.2 Å².